The highest BCUT2D eigenvalue weighted by atomic mass is 32.2. The molecule has 0 aliphatic rings. The van der Waals surface area contributed by atoms with Crippen LogP contribution in [0.25, 0.3) is 22.5 Å². The van der Waals surface area contributed by atoms with Crippen LogP contribution in [0, 0.1) is 6.92 Å². The van der Waals surface area contributed by atoms with Crippen molar-refractivity contribution in [3.05, 3.63) is 78.2 Å². The second kappa shape index (κ2) is 7.49. The van der Waals surface area contributed by atoms with Crippen molar-refractivity contribution in [2.24, 2.45) is 0 Å². The molecule has 0 radical (unpaired) electrons. The number of benzene rings is 2. The van der Waals surface area contributed by atoms with Crippen molar-refractivity contribution in [2.75, 3.05) is 0 Å². The lowest BCUT2D eigenvalue weighted by molar-refractivity contribution is 0.391. The zero-order valence-corrected chi connectivity index (χ0v) is 15.0. The molecule has 26 heavy (non-hydrogen) atoms. The fraction of sp³-hybridized carbons (Fsp3) is 0.100. The van der Waals surface area contributed by atoms with Gasteiger partial charge in [-0.1, -0.05) is 77.6 Å². The molecule has 0 fully saturated rings. The SMILES string of the molecule is Cc1cc(CSc2nnc(-c3ccccc3)c(-c3ccccc3)n2)on1. The molecule has 0 saturated carbocycles. The second-order valence-electron chi connectivity index (χ2n) is 5.75. The maximum absolute atomic E-state index is 5.25. The molecular weight excluding hydrogens is 344 g/mol. The summed E-state index contributed by atoms with van der Waals surface area (Å²) in [7, 11) is 0. The Morgan fingerprint density at radius 3 is 2.12 bits per heavy atom. The minimum Gasteiger partial charge on any atom is -0.360 e. The topological polar surface area (TPSA) is 64.7 Å². The Morgan fingerprint density at radius 2 is 1.50 bits per heavy atom. The van der Waals surface area contributed by atoms with Gasteiger partial charge in [0.15, 0.2) is 0 Å². The van der Waals surface area contributed by atoms with Gasteiger partial charge >= 0.3 is 0 Å². The van der Waals surface area contributed by atoms with E-state index in [0.29, 0.717) is 10.9 Å². The highest BCUT2D eigenvalue weighted by Crippen LogP contribution is 2.30. The van der Waals surface area contributed by atoms with E-state index < -0.39 is 0 Å². The lowest BCUT2D eigenvalue weighted by Gasteiger charge is -2.09. The van der Waals surface area contributed by atoms with Gasteiger partial charge in [0, 0.05) is 17.2 Å². The number of hydrogen-bond acceptors (Lipinski definition) is 6. The summed E-state index contributed by atoms with van der Waals surface area (Å²) in [4.78, 5) is 4.77. The standard InChI is InChI=1S/C20H16N4OS/c1-14-12-17(25-24-14)13-26-20-21-18(15-8-4-2-5-9-15)19(22-23-20)16-10-6-3-7-11-16/h2-12H,13H2,1H3. The Hall–Kier alpha value is -2.99. The summed E-state index contributed by atoms with van der Waals surface area (Å²) < 4.78 is 5.25. The van der Waals surface area contributed by atoms with E-state index in [-0.39, 0.29) is 0 Å². The van der Waals surface area contributed by atoms with E-state index in [1.165, 1.54) is 11.8 Å². The maximum atomic E-state index is 5.25. The first-order valence-electron chi connectivity index (χ1n) is 8.20. The molecule has 0 bridgehead atoms. The monoisotopic (exact) mass is 360 g/mol. The molecule has 2 aromatic carbocycles. The van der Waals surface area contributed by atoms with E-state index in [2.05, 4.69) is 15.4 Å². The van der Waals surface area contributed by atoms with Crippen molar-refractivity contribution >= 4 is 11.8 Å². The van der Waals surface area contributed by atoms with E-state index in [1.807, 2.05) is 73.7 Å². The molecule has 0 spiro atoms. The van der Waals surface area contributed by atoms with Crippen LogP contribution in [0.4, 0.5) is 0 Å². The number of rotatable bonds is 5. The van der Waals surface area contributed by atoms with Gasteiger partial charge in [-0.3, -0.25) is 0 Å². The third-order valence-electron chi connectivity index (χ3n) is 3.78. The quantitative estimate of drug-likeness (QED) is 0.477. The summed E-state index contributed by atoms with van der Waals surface area (Å²) in [6.45, 7) is 1.90. The normalized spacial score (nSPS) is 10.8. The average Bonchev–Trinajstić information content (AvgIpc) is 3.13. The van der Waals surface area contributed by atoms with Crippen LogP contribution in [-0.2, 0) is 5.75 Å². The summed E-state index contributed by atoms with van der Waals surface area (Å²) in [5.41, 5.74) is 4.47. The molecule has 4 rings (SSSR count). The van der Waals surface area contributed by atoms with Crippen LogP contribution in [0.5, 0.6) is 0 Å². The predicted octanol–water partition coefficient (Wildman–Crippen LogP) is 4.79. The van der Waals surface area contributed by atoms with Crippen molar-refractivity contribution in [2.45, 2.75) is 17.8 Å². The number of thioether (sulfide) groups is 1. The molecule has 2 heterocycles. The Balaban J connectivity index is 1.69. The van der Waals surface area contributed by atoms with Crippen LogP contribution in [0.2, 0.25) is 0 Å². The van der Waals surface area contributed by atoms with Crippen molar-refractivity contribution in [3.63, 3.8) is 0 Å². The predicted molar refractivity (Wildman–Crippen MR) is 102 cm³/mol. The van der Waals surface area contributed by atoms with Gasteiger partial charge < -0.3 is 4.52 Å². The van der Waals surface area contributed by atoms with E-state index >= 15 is 0 Å². The van der Waals surface area contributed by atoms with Gasteiger partial charge in [-0.15, -0.1) is 10.2 Å². The zero-order valence-electron chi connectivity index (χ0n) is 14.2. The number of hydrogen-bond donors (Lipinski definition) is 0. The van der Waals surface area contributed by atoms with Crippen molar-refractivity contribution in [1.82, 2.24) is 20.3 Å². The van der Waals surface area contributed by atoms with Gasteiger partial charge in [0.05, 0.1) is 11.4 Å². The molecule has 5 nitrogen and oxygen atoms in total. The van der Waals surface area contributed by atoms with Crippen LogP contribution >= 0.6 is 11.8 Å². The summed E-state index contributed by atoms with van der Waals surface area (Å²) >= 11 is 1.48. The van der Waals surface area contributed by atoms with Crippen LogP contribution in [0.1, 0.15) is 11.5 Å². The molecule has 2 aromatic heterocycles. The third kappa shape index (κ3) is 3.65. The van der Waals surface area contributed by atoms with Crippen molar-refractivity contribution in [3.8, 4) is 22.5 Å². The molecule has 0 amide bonds. The van der Waals surface area contributed by atoms with Crippen molar-refractivity contribution < 1.29 is 4.52 Å². The fourth-order valence-corrected chi connectivity index (χ4v) is 3.24. The molecule has 0 aliphatic heterocycles. The van der Waals surface area contributed by atoms with Gasteiger partial charge in [0.25, 0.3) is 0 Å². The average molecular weight is 360 g/mol. The Bertz CT molecular complexity index is 1000. The van der Waals surface area contributed by atoms with E-state index in [0.717, 1.165) is 34.0 Å². The van der Waals surface area contributed by atoms with Crippen molar-refractivity contribution in [1.29, 1.82) is 0 Å². The van der Waals surface area contributed by atoms with Crippen LogP contribution in [0.3, 0.4) is 0 Å². The highest BCUT2D eigenvalue weighted by molar-refractivity contribution is 7.98. The molecule has 0 saturated heterocycles. The van der Waals surface area contributed by atoms with E-state index in [4.69, 9.17) is 9.51 Å². The van der Waals surface area contributed by atoms with Gasteiger partial charge in [-0.25, -0.2) is 4.98 Å². The molecule has 0 unspecified atom stereocenters. The number of aromatic nitrogens is 4. The van der Waals surface area contributed by atoms with Gasteiger partial charge in [-0.05, 0) is 6.92 Å². The summed E-state index contributed by atoms with van der Waals surface area (Å²) in [6, 6.07) is 21.9. The first-order chi connectivity index (χ1) is 12.8. The summed E-state index contributed by atoms with van der Waals surface area (Å²) in [5, 5.41) is 13.3. The largest absolute Gasteiger partial charge is 0.360 e. The molecule has 0 aliphatic carbocycles. The molecule has 6 heteroatoms. The molecule has 0 atom stereocenters. The lowest BCUT2D eigenvalue weighted by atomic mass is 10.0. The second-order valence-corrected chi connectivity index (χ2v) is 6.69. The highest BCUT2D eigenvalue weighted by Gasteiger charge is 2.14. The minimum absolute atomic E-state index is 0.609. The van der Waals surface area contributed by atoms with Crippen LogP contribution < -0.4 is 0 Å². The number of nitrogens with zero attached hydrogens (tertiary/aromatic N) is 4. The van der Waals surface area contributed by atoms with Crippen LogP contribution in [0.15, 0.2) is 76.4 Å². The fourth-order valence-electron chi connectivity index (χ4n) is 2.58. The molecule has 128 valence electrons. The molecule has 0 N–H and O–H groups in total. The maximum Gasteiger partial charge on any atom is 0.210 e. The minimum atomic E-state index is 0.609. The smallest absolute Gasteiger partial charge is 0.210 e. The van der Waals surface area contributed by atoms with Gasteiger partial charge in [-0.2, -0.15) is 0 Å². The van der Waals surface area contributed by atoms with E-state index in [9.17, 15) is 0 Å². The van der Waals surface area contributed by atoms with Gasteiger partial charge in [0.1, 0.15) is 17.1 Å². The molecular formula is C20H16N4OS. The Morgan fingerprint density at radius 1 is 0.846 bits per heavy atom. The van der Waals surface area contributed by atoms with Crippen LogP contribution in [-0.4, -0.2) is 20.3 Å². The Kier molecular flexibility index (Phi) is 4.75. The number of aryl methyl sites for hydroxylation is 1. The van der Waals surface area contributed by atoms with E-state index in [1.54, 1.807) is 0 Å². The van der Waals surface area contributed by atoms with Gasteiger partial charge in [0.2, 0.25) is 5.16 Å². The summed E-state index contributed by atoms with van der Waals surface area (Å²) in [6.07, 6.45) is 0. The molecule has 4 aromatic rings. The first kappa shape index (κ1) is 16.5. The third-order valence-corrected chi connectivity index (χ3v) is 4.64. The lowest BCUT2D eigenvalue weighted by Crippen LogP contribution is -1.99. The first-order valence-corrected chi connectivity index (χ1v) is 9.19. The summed E-state index contributed by atoms with van der Waals surface area (Å²) in [5.74, 6) is 1.41. The zero-order chi connectivity index (χ0) is 17.8. The Labute approximate surface area is 155 Å².